The molecule has 0 aromatic heterocycles. The van der Waals surface area contributed by atoms with Crippen molar-refractivity contribution in [2.24, 2.45) is 11.7 Å². The zero-order chi connectivity index (χ0) is 15.2. The van der Waals surface area contributed by atoms with Gasteiger partial charge in [-0.2, -0.15) is 0 Å². The number of nitrogens with zero attached hydrogens (tertiary/aromatic N) is 1. The maximum Gasteiger partial charge on any atom is 0.0455 e. The summed E-state index contributed by atoms with van der Waals surface area (Å²) in [6, 6.07) is 11.8. The third kappa shape index (κ3) is 4.31. The molecule has 21 heavy (non-hydrogen) atoms. The van der Waals surface area contributed by atoms with Gasteiger partial charge in [0.25, 0.3) is 0 Å². The Morgan fingerprint density at radius 1 is 1.00 bits per heavy atom. The predicted molar refractivity (Wildman–Crippen MR) is 91.2 cm³/mol. The van der Waals surface area contributed by atoms with Crippen molar-refractivity contribution < 1.29 is 0 Å². The molecule has 1 aromatic carbocycles. The molecule has 2 unspecified atom stereocenters. The van der Waals surface area contributed by atoms with Crippen LogP contribution in [-0.2, 0) is 0 Å². The van der Waals surface area contributed by atoms with Gasteiger partial charge in [0.15, 0.2) is 0 Å². The molecule has 1 aliphatic carbocycles. The molecule has 1 fully saturated rings. The molecule has 0 spiro atoms. The first-order valence-electron chi connectivity index (χ1n) is 8.63. The average Bonchev–Trinajstić information content (AvgIpc) is 2.77. The van der Waals surface area contributed by atoms with Crippen molar-refractivity contribution in [3.63, 3.8) is 0 Å². The normalized spacial score (nSPS) is 20.5. The standard InChI is InChI=1S/C19H32N2/c1-15(2)19(18(20)16-11-7-6-8-12-16)21(3)17-13-9-4-5-10-14-17/h6-8,11-12,15,17-19H,4-5,9-10,13-14,20H2,1-3H3. The van der Waals surface area contributed by atoms with Crippen molar-refractivity contribution in [3.8, 4) is 0 Å². The molecule has 2 atom stereocenters. The topological polar surface area (TPSA) is 29.3 Å². The molecule has 0 saturated heterocycles. The summed E-state index contributed by atoms with van der Waals surface area (Å²) in [6.07, 6.45) is 8.23. The van der Waals surface area contributed by atoms with E-state index in [2.05, 4.69) is 56.1 Å². The minimum Gasteiger partial charge on any atom is -0.323 e. The van der Waals surface area contributed by atoms with Crippen LogP contribution in [0.3, 0.4) is 0 Å². The fourth-order valence-corrected chi connectivity index (χ4v) is 3.92. The molecule has 2 heteroatoms. The number of rotatable bonds is 5. The Morgan fingerprint density at radius 3 is 2.10 bits per heavy atom. The molecule has 2 nitrogen and oxygen atoms in total. The third-order valence-electron chi connectivity index (χ3n) is 5.11. The van der Waals surface area contributed by atoms with Gasteiger partial charge in [-0.25, -0.2) is 0 Å². The van der Waals surface area contributed by atoms with Gasteiger partial charge in [-0.1, -0.05) is 69.9 Å². The molecule has 1 aliphatic rings. The van der Waals surface area contributed by atoms with E-state index in [1.54, 1.807) is 0 Å². The summed E-state index contributed by atoms with van der Waals surface area (Å²) in [5.74, 6) is 0.563. The molecule has 0 heterocycles. The molecule has 118 valence electrons. The van der Waals surface area contributed by atoms with Crippen LogP contribution in [0.5, 0.6) is 0 Å². The lowest BCUT2D eigenvalue weighted by atomic mass is 9.89. The summed E-state index contributed by atoms with van der Waals surface area (Å²) in [5, 5.41) is 0. The lowest BCUT2D eigenvalue weighted by Crippen LogP contribution is -2.48. The van der Waals surface area contributed by atoms with Gasteiger partial charge in [0.1, 0.15) is 0 Å². The summed E-state index contributed by atoms with van der Waals surface area (Å²) in [4.78, 5) is 2.59. The quantitative estimate of drug-likeness (QED) is 0.815. The highest BCUT2D eigenvalue weighted by Gasteiger charge is 2.31. The first-order valence-corrected chi connectivity index (χ1v) is 8.63. The minimum absolute atomic E-state index is 0.0967. The van der Waals surface area contributed by atoms with Crippen LogP contribution in [0.2, 0.25) is 0 Å². The fraction of sp³-hybridized carbons (Fsp3) is 0.684. The van der Waals surface area contributed by atoms with Gasteiger partial charge in [-0.15, -0.1) is 0 Å². The highest BCUT2D eigenvalue weighted by Crippen LogP contribution is 2.29. The van der Waals surface area contributed by atoms with E-state index in [1.165, 1.54) is 44.1 Å². The summed E-state index contributed by atoms with van der Waals surface area (Å²) in [5.41, 5.74) is 7.91. The van der Waals surface area contributed by atoms with Gasteiger partial charge in [-0.05, 0) is 31.4 Å². The molecule has 2 rings (SSSR count). The Labute approximate surface area is 130 Å². The van der Waals surface area contributed by atoms with E-state index in [0.717, 1.165) is 0 Å². The number of likely N-dealkylation sites (N-methyl/N-ethyl adjacent to an activating group) is 1. The molecule has 0 radical (unpaired) electrons. The Kier molecular flexibility index (Phi) is 6.25. The van der Waals surface area contributed by atoms with Crippen LogP contribution in [-0.4, -0.2) is 24.0 Å². The molecular weight excluding hydrogens is 256 g/mol. The Balaban J connectivity index is 2.13. The highest BCUT2D eigenvalue weighted by atomic mass is 15.2. The Hall–Kier alpha value is -0.860. The maximum absolute atomic E-state index is 6.65. The number of nitrogens with two attached hydrogens (primary N) is 1. The van der Waals surface area contributed by atoms with Crippen LogP contribution in [0.25, 0.3) is 0 Å². The zero-order valence-electron chi connectivity index (χ0n) is 14.0. The van der Waals surface area contributed by atoms with Crippen molar-refractivity contribution in [1.82, 2.24) is 4.90 Å². The minimum atomic E-state index is 0.0967. The molecular formula is C19H32N2. The van der Waals surface area contributed by atoms with E-state index in [4.69, 9.17) is 5.73 Å². The van der Waals surface area contributed by atoms with Crippen LogP contribution < -0.4 is 5.73 Å². The summed E-state index contributed by atoms with van der Waals surface area (Å²) >= 11 is 0. The predicted octanol–water partition coefficient (Wildman–Crippen LogP) is 4.37. The average molecular weight is 288 g/mol. The van der Waals surface area contributed by atoms with Crippen molar-refractivity contribution in [2.75, 3.05) is 7.05 Å². The van der Waals surface area contributed by atoms with Crippen molar-refractivity contribution >= 4 is 0 Å². The number of hydrogen-bond acceptors (Lipinski definition) is 2. The molecule has 1 aromatic rings. The second kappa shape index (κ2) is 7.95. The van der Waals surface area contributed by atoms with Gasteiger partial charge >= 0.3 is 0 Å². The van der Waals surface area contributed by atoms with Crippen LogP contribution >= 0.6 is 0 Å². The maximum atomic E-state index is 6.65. The molecule has 0 bridgehead atoms. The molecule has 0 aliphatic heterocycles. The first-order chi connectivity index (χ1) is 10.1. The van der Waals surface area contributed by atoms with Crippen LogP contribution in [0.1, 0.15) is 64.0 Å². The fourth-order valence-electron chi connectivity index (χ4n) is 3.92. The number of benzene rings is 1. The van der Waals surface area contributed by atoms with E-state index in [1.807, 2.05) is 0 Å². The zero-order valence-corrected chi connectivity index (χ0v) is 14.0. The van der Waals surface area contributed by atoms with E-state index < -0.39 is 0 Å². The Bertz CT molecular complexity index is 393. The van der Waals surface area contributed by atoms with Crippen LogP contribution in [0.15, 0.2) is 30.3 Å². The second-order valence-corrected chi connectivity index (χ2v) is 6.98. The van der Waals surface area contributed by atoms with Crippen molar-refractivity contribution in [2.45, 2.75) is 70.5 Å². The van der Waals surface area contributed by atoms with E-state index in [0.29, 0.717) is 18.0 Å². The van der Waals surface area contributed by atoms with Crippen molar-refractivity contribution in [3.05, 3.63) is 35.9 Å². The van der Waals surface area contributed by atoms with Crippen molar-refractivity contribution in [1.29, 1.82) is 0 Å². The summed E-state index contributed by atoms with van der Waals surface area (Å²) < 4.78 is 0. The van der Waals surface area contributed by atoms with E-state index in [-0.39, 0.29) is 6.04 Å². The SMILES string of the molecule is CC(C)C(C(N)c1ccccc1)N(C)C1CCCCCC1. The van der Waals surface area contributed by atoms with Crippen LogP contribution in [0, 0.1) is 5.92 Å². The van der Waals surface area contributed by atoms with Gasteiger partial charge in [0.2, 0.25) is 0 Å². The van der Waals surface area contributed by atoms with E-state index >= 15 is 0 Å². The highest BCUT2D eigenvalue weighted by molar-refractivity contribution is 5.20. The van der Waals surface area contributed by atoms with Gasteiger partial charge in [-0.3, -0.25) is 4.90 Å². The van der Waals surface area contributed by atoms with Crippen LogP contribution in [0.4, 0.5) is 0 Å². The first kappa shape index (κ1) is 16.5. The Morgan fingerprint density at radius 2 is 1.57 bits per heavy atom. The summed E-state index contributed by atoms with van der Waals surface area (Å²) in [6.45, 7) is 4.61. The number of hydrogen-bond donors (Lipinski definition) is 1. The lowest BCUT2D eigenvalue weighted by Gasteiger charge is -2.40. The van der Waals surface area contributed by atoms with Gasteiger partial charge in [0, 0.05) is 18.1 Å². The van der Waals surface area contributed by atoms with E-state index in [9.17, 15) is 0 Å². The van der Waals surface area contributed by atoms with Gasteiger partial charge in [0.05, 0.1) is 0 Å². The molecule has 1 saturated carbocycles. The smallest absolute Gasteiger partial charge is 0.0455 e. The molecule has 0 amide bonds. The monoisotopic (exact) mass is 288 g/mol. The third-order valence-corrected chi connectivity index (χ3v) is 5.11. The largest absolute Gasteiger partial charge is 0.323 e. The summed E-state index contributed by atoms with van der Waals surface area (Å²) in [7, 11) is 2.30. The molecule has 2 N–H and O–H groups in total. The van der Waals surface area contributed by atoms with Gasteiger partial charge < -0.3 is 5.73 Å². The lowest BCUT2D eigenvalue weighted by molar-refractivity contribution is 0.103. The second-order valence-electron chi connectivity index (χ2n) is 6.98.